The van der Waals surface area contributed by atoms with Gasteiger partial charge < -0.3 is 14.2 Å². The minimum Gasteiger partial charge on any atom is -0.494 e. The number of anilines is 1. The third kappa shape index (κ3) is 4.79. The van der Waals surface area contributed by atoms with E-state index in [0.29, 0.717) is 23.3 Å². The molecule has 0 atom stereocenters. The first-order valence-electron chi connectivity index (χ1n) is 10.4. The fourth-order valence-corrected chi connectivity index (χ4v) is 3.79. The van der Waals surface area contributed by atoms with E-state index in [4.69, 9.17) is 4.74 Å². The Bertz CT molecular complexity index is 1040. The molecule has 1 saturated heterocycles. The summed E-state index contributed by atoms with van der Waals surface area (Å²) in [6.07, 6.45) is 3.55. The van der Waals surface area contributed by atoms with Gasteiger partial charge in [0.05, 0.1) is 23.8 Å². The predicted molar refractivity (Wildman–Crippen MR) is 117 cm³/mol. The van der Waals surface area contributed by atoms with Crippen LogP contribution in [0.4, 0.5) is 10.1 Å². The van der Waals surface area contributed by atoms with Crippen molar-refractivity contribution in [2.75, 3.05) is 44.2 Å². The maximum Gasteiger partial charge on any atom is 0.261 e. The molecule has 0 aliphatic carbocycles. The summed E-state index contributed by atoms with van der Waals surface area (Å²) in [7, 11) is 1.70. The fraction of sp³-hybridized carbons (Fsp3) is 0.391. The lowest BCUT2D eigenvalue weighted by Gasteiger charge is -2.36. The van der Waals surface area contributed by atoms with E-state index in [2.05, 4.69) is 14.8 Å². The Labute approximate surface area is 175 Å². The smallest absolute Gasteiger partial charge is 0.261 e. The van der Waals surface area contributed by atoms with E-state index in [1.54, 1.807) is 13.1 Å². The number of halogens is 1. The van der Waals surface area contributed by atoms with Crippen LogP contribution < -0.4 is 15.2 Å². The standard InChI is InChI=1S/C23H27FN4O2/c1-26-17-25-22-9-8-20(16-21(22)23(26)29)30-15-3-2-10-27-11-13-28(14-12-27)19-6-4-18(24)5-7-19/h4-9,16-17H,2-3,10-15H2,1H3. The molecule has 2 aromatic carbocycles. The number of nitrogens with zero attached hydrogens (tertiary/aromatic N) is 4. The maximum atomic E-state index is 13.1. The average Bonchev–Trinajstić information content (AvgIpc) is 2.77. The third-order valence-electron chi connectivity index (χ3n) is 5.59. The molecule has 7 heteroatoms. The summed E-state index contributed by atoms with van der Waals surface area (Å²) in [6, 6.07) is 12.2. The molecular formula is C23H27FN4O2. The van der Waals surface area contributed by atoms with E-state index < -0.39 is 0 Å². The number of hydrogen-bond acceptors (Lipinski definition) is 5. The second kappa shape index (κ2) is 9.26. The molecule has 1 aliphatic rings. The van der Waals surface area contributed by atoms with Gasteiger partial charge in [-0.2, -0.15) is 0 Å². The molecule has 1 fully saturated rings. The van der Waals surface area contributed by atoms with Gasteiger partial charge in [-0.15, -0.1) is 0 Å². The van der Waals surface area contributed by atoms with E-state index in [1.165, 1.54) is 23.0 Å². The van der Waals surface area contributed by atoms with Crippen LogP contribution in [-0.4, -0.2) is 53.8 Å². The molecule has 0 saturated carbocycles. The van der Waals surface area contributed by atoms with E-state index in [9.17, 15) is 9.18 Å². The van der Waals surface area contributed by atoms with Crippen molar-refractivity contribution in [3.63, 3.8) is 0 Å². The zero-order valence-electron chi connectivity index (χ0n) is 17.3. The number of hydrogen-bond donors (Lipinski definition) is 0. The van der Waals surface area contributed by atoms with Gasteiger partial charge in [0.25, 0.3) is 5.56 Å². The number of ether oxygens (including phenoxy) is 1. The van der Waals surface area contributed by atoms with Crippen LogP contribution in [0.1, 0.15) is 12.8 Å². The minimum absolute atomic E-state index is 0.0646. The van der Waals surface area contributed by atoms with Gasteiger partial charge in [0.2, 0.25) is 0 Å². The number of benzene rings is 2. The lowest BCUT2D eigenvalue weighted by Crippen LogP contribution is -2.46. The number of unbranched alkanes of at least 4 members (excludes halogenated alkanes) is 1. The molecule has 1 aliphatic heterocycles. The van der Waals surface area contributed by atoms with Crippen LogP contribution in [0.3, 0.4) is 0 Å². The van der Waals surface area contributed by atoms with Gasteiger partial charge in [-0.3, -0.25) is 9.69 Å². The number of piperazine rings is 1. The summed E-state index contributed by atoms with van der Waals surface area (Å²) in [5, 5.41) is 0.580. The average molecular weight is 410 g/mol. The number of rotatable bonds is 7. The van der Waals surface area contributed by atoms with E-state index in [-0.39, 0.29) is 11.4 Å². The van der Waals surface area contributed by atoms with Crippen molar-refractivity contribution in [1.82, 2.24) is 14.5 Å². The zero-order valence-corrected chi connectivity index (χ0v) is 17.3. The van der Waals surface area contributed by atoms with E-state index in [1.807, 2.05) is 24.3 Å². The molecule has 4 rings (SSSR count). The molecule has 0 unspecified atom stereocenters. The Morgan fingerprint density at radius 3 is 2.57 bits per heavy atom. The number of aromatic nitrogens is 2. The fourth-order valence-electron chi connectivity index (χ4n) is 3.79. The summed E-state index contributed by atoms with van der Waals surface area (Å²) in [5.41, 5.74) is 1.71. The van der Waals surface area contributed by atoms with Gasteiger partial charge in [-0.05, 0) is 61.9 Å². The quantitative estimate of drug-likeness (QED) is 0.561. The Hall–Kier alpha value is -2.93. The van der Waals surface area contributed by atoms with Crippen LogP contribution in [0.2, 0.25) is 0 Å². The first kappa shape index (κ1) is 20.3. The monoisotopic (exact) mass is 410 g/mol. The highest BCUT2D eigenvalue weighted by Gasteiger charge is 2.16. The second-order valence-corrected chi connectivity index (χ2v) is 7.70. The molecule has 158 valence electrons. The molecular weight excluding hydrogens is 383 g/mol. The van der Waals surface area contributed by atoms with Gasteiger partial charge in [0.1, 0.15) is 11.6 Å². The van der Waals surface area contributed by atoms with Crippen molar-refractivity contribution in [3.05, 3.63) is 65.0 Å². The Balaban J connectivity index is 1.18. The Morgan fingerprint density at radius 2 is 1.80 bits per heavy atom. The van der Waals surface area contributed by atoms with Gasteiger partial charge >= 0.3 is 0 Å². The molecule has 6 nitrogen and oxygen atoms in total. The molecule has 0 spiro atoms. The SMILES string of the molecule is Cn1cnc2ccc(OCCCCN3CCN(c4ccc(F)cc4)CC3)cc2c1=O. The predicted octanol–water partition coefficient (Wildman–Crippen LogP) is 3.05. The number of fused-ring (bicyclic) bond motifs is 1. The highest BCUT2D eigenvalue weighted by Crippen LogP contribution is 2.18. The topological polar surface area (TPSA) is 50.6 Å². The van der Waals surface area contributed by atoms with Gasteiger partial charge in [0.15, 0.2) is 0 Å². The molecule has 0 bridgehead atoms. The highest BCUT2D eigenvalue weighted by atomic mass is 19.1. The van der Waals surface area contributed by atoms with Gasteiger partial charge in [0, 0.05) is 38.9 Å². The van der Waals surface area contributed by atoms with Crippen LogP contribution in [0.25, 0.3) is 10.9 Å². The molecule has 2 heterocycles. The van der Waals surface area contributed by atoms with Crippen LogP contribution in [-0.2, 0) is 7.05 Å². The van der Waals surface area contributed by atoms with Crippen molar-refractivity contribution in [1.29, 1.82) is 0 Å². The Morgan fingerprint density at radius 1 is 1.03 bits per heavy atom. The van der Waals surface area contributed by atoms with Crippen LogP contribution in [0, 0.1) is 5.82 Å². The summed E-state index contributed by atoms with van der Waals surface area (Å²) in [4.78, 5) is 21.2. The van der Waals surface area contributed by atoms with Crippen molar-refractivity contribution in [2.24, 2.45) is 7.05 Å². The summed E-state index contributed by atoms with van der Waals surface area (Å²) < 4.78 is 20.4. The summed E-state index contributed by atoms with van der Waals surface area (Å²) >= 11 is 0. The molecule has 30 heavy (non-hydrogen) atoms. The second-order valence-electron chi connectivity index (χ2n) is 7.70. The molecule has 3 aromatic rings. The van der Waals surface area contributed by atoms with Crippen LogP contribution in [0.15, 0.2) is 53.6 Å². The Kier molecular flexibility index (Phi) is 6.28. The van der Waals surface area contributed by atoms with Gasteiger partial charge in [-0.1, -0.05) is 0 Å². The molecule has 0 amide bonds. The first-order valence-corrected chi connectivity index (χ1v) is 10.4. The highest BCUT2D eigenvalue weighted by molar-refractivity contribution is 5.78. The summed E-state index contributed by atoms with van der Waals surface area (Å²) in [6.45, 7) is 5.62. The summed E-state index contributed by atoms with van der Waals surface area (Å²) in [5.74, 6) is 0.517. The van der Waals surface area contributed by atoms with Crippen LogP contribution in [0.5, 0.6) is 5.75 Å². The minimum atomic E-state index is -0.192. The first-order chi connectivity index (χ1) is 14.6. The van der Waals surface area contributed by atoms with Crippen molar-refractivity contribution in [3.8, 4) is 5.75 Å². The van der Waals surface area contributed by atoms with Crippen molar-refractivity contribution < 1.29 is 9.13 Å². The van der Waals surface area contributed by atoms with E-state index >= 15 is 0 Å². The lowest BCUT2D eigenvalue weighted by atomic mass is 10.2. The van der Waals surface area contributed by atoms with Crippen molar-refractivity contribution in [2.45, 2.75) is 12.8 Å². The largest absolute Gasteiger partial charge is 0.494 e. The van der Waals surface area contributed by atoms with Crippen molar-refractivity contribution >= 4 is 16.6 Å². The molecule has 0 N–H and O–H groups in total. The van der Waals surface area contributed by atoms with Crippen LogP contribution >= 0.6 is 0 Å². The van der Waals surface area contributed by atoms with E-state index in [0.717, 1.165) is 51.3 Å². The lowest BCUT2D eigenvalue weighted by molar-refractivity contribution is 0.238. The molecule has 0 radical (unpaired) electrons. The van der Waals surface area contributed by atoms with Gasteiger partial charge in [-0.25, -0.2) is 9.37 Å². The normalized spacial score (nSPS) is 14.9. The number of aryl methyl sites for hydroxylation is 1. The maximum absolute atomic E-state index is 13.1. The third-order valence-corrected chi connectivity index (χ3v) is 5.59. The molecule has 1 aromatic heterocycles. The zero-order chi connectivity index (χ0) is 20.9.